The van der Waals surface area contributed by atoms with Gasteiger partial charge in [0, 0.05) is 36.5 Å². The molecule has 0 aromatic carbocycles. The van der Waals surface area contributed by atoms with Crippen molar-refractivity contribution in [2.75, 3.05) is 11.9 Å². The SMILES string of the molecule is Cc1cc(OCC(F)F)ncc1CNC(=O)c1ccnc(NC(=O)C(C)C)c1. The number of carbonyl (C=O) groups excluding carboxylic acids is 2. The quantitative estimate of drug-likeness (QED) is 0.721. The minimum absolute atomic E-state index is 0.104. The van der Waals surface area contributed by atoms with Crippen molar-refractivity contribution in [1.29, 1.82) is 0 Å². The van der Waals surface area contributed by atoms with Crippen molar-refractivity contribution < 1.29 is 23.1 Å². The first kappa shape index (κ1) is 21.2. The van der Waals surface area contributed by atoms with E-state index in [1.807, 2.05) is 0 Å². The zero-order valence-corrected chi connectivity index (χ0v) is 15.8. The van der Waals surface area contributed by atoms with Crippen LogP contribution < -0.4 is 15.4 Å². The highest BCUT2D eigenvalue weighted by Gasteiger charge is 2.12. The summed E-state index contributed by atoms with van der Waals surface area (Å²) in [5.41, 5.74) is 1.82. The zero-order valence-electron chi connectivity index (χ0n) is 15.8. The van der Waals surface area contributed by atoms with Crippen LogP contribution in [-0.2, 0) is 11.3 Å². The molecule has 2 rings (SSSR count). The second-order valence-corrected chi connectivity index (χ2v) is 6.41. The summed E-state index contributed by atoms with van der Waals surface area (Å²) in [6, 6.07) is 4.56. The van der Waals surface area contributed by atoms with Gasteiger partial charge in [-0.1, -0.05) is 13.8 Å². The Bertz CT molecular complexity index is 844. The molecule has 7 nitrogen and oxygen atoms in total. The molecular formula is C19H22F2N4O3. The van der Waals surface area contributed by atoms with Gasteiger partial charge in [0.1, 0.15) is 5.82 Å². The van der Waals surface area contributed by atoms with E-state index < -0.39 is 13.0 Å². The Balaban J connectivity index is 1.97. The lowest BCUT2D eigenvalue weighted by molar-refractivity contribution is -0.118. The summed E-state index contributed by atoms with van der Waals surface area (Å²) in [6.45, 7) is 4.76. The molecule has 9 heteroatoms. The molecule has 0 bridgehead atoms. The van der Waals surface area contributed by atoms with Crippen molar-refractivity contribution in [1.82, 2.24) is 15.3 Å². The van der Waals surface area contributed by atoms with Crippen molar-refractivity contribution in [2.24, 2.45) is 5.92 Å². The summed E-state index contributed by atoms with van der Waals surface area (Å²) >= 11 is 0. The van der Waals surface area contributed by atoms with Crippen LogP contribution in [0.2, 0.25) is 0 Å². The topological polar surface area (TPSA) is 93.2 Å². The van der Waals surface area contributed by atoms with Crippen LogP contribution in [0.4, 0.5) is 14.6 Å². The van der Waals surface area contributed by atoms with Crippen LogP contribution in [0.3, 0.4) is 0 Å². The number of hydrogen-bond acceptors (Lipinski definition) is 5. The van der Waals surface area contributed by atoms with Gasteiger partial charge >= 0.3 is 0 Å². The van der Waals surface area contributed by atoms with Crippen molar-refractivity contribution in [2.45, 2.75) is 33.7 Å². The molecule has 0 aliphatic rings. The number of ether oxygens (including phenoxy) is 1. The number of amides is 2. The van der Waals surface area contributed by atoms with Crippen molar-refractivity contribution in [3.05, 3.63) is 47.3 Å². The minimum atomic E-state index is -2.57. The van der Waals surface area contributed by atoms with Crippen LogP contribution in [-0.4, -0.2) is 34.8 Å². The predicted molar refractivity (Wildman–Crippen MR) is 99.3 cm³/mol. The van der Waals surface area contributed by atoms with Crippen molar-refractivity contribution in [3.63, 3.8) is 0 Å². The van der Waals surface area contributed by atoms with Gasteiger partial charge < -0.3 is 15.4 Å². The number of hydrogen-bond donors (Lipinski definition) is 2. The highest BCUT2D eigenvalue weighted by atomic mass is 19.3. The lowest BCUT2D eigenvalue weighted by Gasteiger charge is -2.11. The lowest BCUT2D eigenvalue weighted by Crippen LogP contribution is -2.24. The van der Waals surface area contributed by atoms with E-state index in [2.05, 4.69) is 20.6 Å². The maximum absolute atomic E-state index is 12.4. The molecule has 0 saturated heterocycles. The van der Waals surface area contributed by atoms with Crippen molar-refractivity contribution >= 4 is 17.6 Å². The number of nitrogens with one attached hydrogen (secondary N) is 2. The number of nitrogens with zero attached hydrogens (tertiary/aromatic N) is 2. The van der Waals surface area contributed by atoms with E-state index in [4.69, 9.17) is 4.74 Å². The second kappa shape index (κ2) is 9.72. The Morgan fingerprint density at radius 1 is 1.21 bits per heavy atom. The van der Waals surface area contributed by atoms with E-state index in [-0.39, 0.29) is 30.2 Å². The van der Waals surface area contributed by atoms with Gasteiger partial charge in [-0.05, 0) is 30.2 Å². The number of carbonyl (C=O) groups is 2. The first-order valence-electron chi connectivity index (χ1n) is 8.68. The summed E-state index contributed by atoms with van der Waals surface area (Å²) < 4.78 is 29.2. The molecule has 0 spiro atoms. The van der Waals surface area contributed by atoms with E-state index in [0.717, 1.165) is 11.1 Å². The van der Waals surface area contributed by atoms with E-state index in [1.54, 1.807) is 20.8 Å². The summed E-state index contributed by atoms with van der Waals surface area (Å²) in [7, 11) is 0. The molecule has 0 radical (unpaired) electrons. The standard InChI is InChI=1S/C19H22F2N4O3/c1-11(2)18(26)25-16-7-13(4-5-22-16)19(27)24-9-14-8-23-17(6-12(14)3)28-10-15(20)21/h4-8,11,15H,9-10H2,1-3H3,(H,24,27)(H,22,25,26). The summed E-state index contributed by atoms with van der Waals surface area (Å²) in [5, 5.41) is 5.39. The molecule has 0 saturated carbocycles. The molecule has 2 heterocycles. The molecule has 2 N–H and O–H groups in total. The number of alkyl halides is 2. The number of aryl methyl sites for hydroxylation is 1. The third kappa shape index (κ3) is 6.26. The average molecular weight is 392 g/mol. The summed E-state index contributed by atoms with van der Waals surface area (Å²) in [4.78, 5) is 32.1. The Morgan fingerprint density at radius 2 is 1.96 bits per heavy atom. The lowest BCUT2D eigenvalue weighted by atomic mass is 10.1. The van der Waals surface area contributed by atoms with Crippen LogP contribution in [0.25, 0.3) is 0 Å². The number of halogens is 2. The summed E-state index contributed by atoms with van der Waals surface area (Å²) in [6.07, 6.45) is 0.334. The highest BCUT2D eigenvalue weighted by molar-refractivity contribution is 5.96. The van der Waals surface area contributed by atoms with Crippen molar-refractivity contribution in [3.8, 4) is 5.88 Å². The molecule has 2 aromatic rings. The first-order chi connectivity index (χ1) is 13.3. The van der Waals surface area contributed by atoms with Gasteiger partial charge in [-0.3, -0.25) is 9.59 Å². The first-order valence-corrected chi connectivity index (χ1v) is 8.68. The minimum Gasteiger partial charge on any atom is -0.472 e. The number of pyridine rings is 2. The third-order valence-corrected chi connectivity index (χ3v) is 3.79. The molecule has 28 heavy (non-hydrogen) atoms. The number of anilines is 1. The maximum Gasteiger partial charge on any atom is 0.272 e. The molecule has 150 valence electrons. The molecule has 0 fully saturated rings. The Hall–Kier alpha value is -3.10. The fourth-order valence-electron chi connectivity index (χ4n) is 2.16. The predicted octanol–water partition coefficient (Wildman–Crippen LogP) is 2.95. The largest absolute Gasteiger partial charge is 0.472 e. The Morgan fingerprint density at radius 3 is 2.61 bits per heavy atom. The normalized spacial score (nSPS) is 10.8. The molecule has 0 unspecified atom stereocenters. The van der Waals surface area contributed by atoms with Gasteiger partial charge in [0.05, 0.1) is 0 Å². The highest BCUT2D eigenvalue weighted by Crippen LogP contribution is 2.15. The van der Waals surface area contributed by atoms with E-state index in [0.29, 0.717) is 11.4 Å². The van der Waals surface area contributed by atoms with E-state index in [1.165, 1.54) is 30.6 Å². The maximum atomic E-state index is 12.4. The number of rotatable bonds is 8. The van der Waals surface area contributed by atoms with Crippen LogP contribution in [0.5, 0.6) is 5.88 Å². The van der Waals surface area contributed by atoms with Crippen LogP contribution in [0.15, 0.2) is 30.6 Å². The van der Waals surface area contributed by atoms with Crippen LogP contribution >= 0.6 is 0 Å². The molecule has 0 aliphatic heterocycles. The third-order valence-electron chi connectivity index (χ3n) is 3.79. The van der Waals surface area contributed by atoms with Gasteiger partial charge in [0.25, 0.3) is 12.3 Å². The smallest absolute Gasteiger partial charge is 0.272 e. The van der Waals surface area contributed by atoms with Gasteiger partial charge in [-0.2, -0.15) is 0 Å². The van der Waals surface area contributed by atoms with Gasteiger partial charge in [-0.15, -0.1) is 0 Å². The Kier molecular flexibility index (Phi) is 7.36. The molecule has 2 aromatic heterocycles. The molecule has 0 aliphatic carbocycles. The van der Waals surface area contributed by atoms with Gasteiger partial charge in [-0.25, -0.2) is 18.7 Å². The zero-order chi connectivity index (χ0) is 20.7. The molecule has 0 atom stereocenters. The van der Waals surface area contributed by atoms with Gasteiger partial charge in [0.2, 0.25) is 11.8 Å². The molecular weight excluding hydrogens is 370 g/mol. The summed E-state index contributed by atoms with van der Waals surface area (Å²) in [5.74, 6) is -0.347. The monoisotopic (exact) mass is 392 g/mol. The fourth-order valence-corrected chi connectivity index (χ4v) is 2.16. The molecule has 2 amide bonds. The van der Waals surface area contributed by atoms with Crippen LogP contribution in [0.1, 0.15) is 35.3 Å². The Labute approximate surface area is 161 Å². The second-order valence-electron chi connectivity index (χ2n) is 6.41. The fraction of sp³-hybridized carbons (Fsp3) is 0.368. The average Bonchev–Trinajstić information content (AvgIpc) is 2.65. The van der Waals surface area contributed by atoms with E-state index in [9.17, 15) is 18.4 Å². The van der Waals surface area contributed by atoms with E-state index >= 15 is 0 Å². The van der Waals surface area contributed by atoms with Gasteiger partial charge in [0.15, 0.2) is 6.61 Å². The van der Waals surface area contributed by atoms with Crippen LogP contribution in [0, 0.1) is 12.8 Å². The number of aromatic nitrogens is 2.